The van der Waals surface area contributed by atoms with E-state index in [0.717, 1.165) is 13.0 Å². The van der Waals surface area contributed by atoms with Gasteiger partial charge in [-0.1, -0.05) is 6.92 Å². The highest BCUT2D eigenvalue weighted by Crippen LogP contribution is 2.21. The van der Waals surface area contributed by atoms with Crippen LogP contribution in [0.2, 0.25) is 0 Å². The molecule has 5 nitrogen and oxygen atoms in total. The first kappa shape index (κ1) is 19.4. The monoisotopic (exact) mass is 308 g/mol. The zero-order chi connectivity index (χ0) is 16.0. The van der Waals surface area contributed by atoms with E-state index in [-0.39, 0.29) is 11.7 Å². The summed E-state index contributed by atoms with van der Waals surface area (Å²) < 4.78 is 26.2. The van der Waals surface area contributed by atoms with Crippen molar-refractivity contribution in [2.24, 2.45) is 5.41 Å². The molecule has 120 valence electrons. The third-order valence-electron chi connectivity index (χ3n) is 3.59. The number of likely N-dealkylation sites (N-methyl/N-ethyl adjacent to an activating group) is 1. The lowest BCUT2D eigenvalue weighted by Gasteiger charge is -2.30. The van der Waals surface area contributed by atoms with Gasteiger partial charge < -0.3 is 13.8 Å². The van der Waals surface area contributed by atoms with Gasteiger partial charge in [-0.2, -0.15) is 0 Å². The summed E-state index contributed by atoms with van der Waals surface area (Å²) in [6.07, 6.45) is 1.37. The SMILES string of the molecule is C=S(=O)(O)CCC[N+](C)(C)CCOC(=O)C(C)(C)CC. The normalized spacial score (nSPS) is 15.7. The number of ether oxygens (including phenoxy) is 1. The van der Waals surface area contributed by atoms with Gasteiger partial charge in [-0.3, -0.25) is 4.79 Å². The molecule has 0 aliphatic heterocycles. The number of hydrogen-bond donors (Lipinski definition) is 1. The summed E-state index contributed by atoms with van der Waals surface area (Å²) in [6, 6.07) is 0. The van der Waals surface area contributed by atoms with Gasteiger partial charge in [-0.25, -0.2) is 4.21 Å². The van der Waals surface area contributed by atoms with Crippen LogP contribution in [0.15, 0.2) is 0 Å². The maximum Gasteiger partial charge on any atom is 0.311 e. The second-order valence-electron chi connectivity index (χ2n) is 6.59. The molecule has 1 N–H and O–H groups in total. The number of hydrogen-bond acceptors (Lipinski definition) is 3. The molecule has 0 aliphatic carbocycles. The molecule has 0 radical (unpaired) electrons. The van der Waals surface area contributed by atoms with Gasteiger partial charge in [-0.05, 0) is 26.1 Å². The molecule has 0 saturated heterocycles. The Bertz CT molecular complexity index is 413. The fourth-order valence-electron chi connectivity index (χ4n) is 1.56. The van der Waals surface area contributed by atoms with E-state index in [9.17, 15) is 9.00 Å². The first-order valence-corrected chi connectivity index (χ1v) is 8.81. The standard InChI is InChI=1S/C14H29NO4S/c1-7-14(2,3)13(16)19-11-10-15(4,5)9-8-12-20(6,17)18/h6-12H2,1-5H3/p+1. The van der Waals surface area contributed by atoms with Crippen molar-refractivity contribution in [2.45, 2.75) is 33.6 Å². The van der Waals surface area contributed by atoms with Crippen molar-refractivity contribution < 1.29 is 22.8 Å². The lowest BCUT2D eigenvalue weighted by molar-refractivity contribution is -0.890. The van der Waals surface area contributed by atoms with Gasteiger partial charge in [-0.15, -0.1) is 0 Å². The molecular weight excluding hydrogens is 278 g/mol. The van der Waals surface area contributed by atoms with Crippen LogP contribution >= 0.6 is 0 Å². The molecule has 6 heteroatoms. The summed E-state index contributed by atoms with van der Waals surface area (Å²) in [5.74, 6) is 3.25. The summed E-state index contributed by atoms with van der Waals surface area (Å²) in [5, 5.41) is 0. The van der Waals surface area contributed by atoms with Crippen LogP contribution in [-0.4, -0.2) is 64.6 Å². The minimum absolute atomic E-state index is 0.170. The summed E-state index contributed by atoms with van der Waals surface area (Å²) in [4.78, 5) is 11.8. The predicted molar refractivity (Wildman–Crippen MR) is 84.2 cm³/mol. The first-order valence-electron chi connectivity index (χ1n) is 6.96. The Hall–Kier alpha value is -0.590. The molecule has 0 spiro atoms. The maximum absolute atomic E-state index is 11.8. The van der Waals surface area contributed by atoms with Gasteiger partial charge in [0, 0.05) is 12.2 Å². The van der Waals surface area contributed by atoms with E-state index in [1.54, 1.807) is 0 Å². The lowest BCUT2D eigenvalue weighted by atomic mass is 9.91. The minimum Gasteiger partial charge on any atom is -0.459 e. The topological polar surface area (TPSA) is 63.6 Å². The average molecular weight is 308 g/mol. The van der Waals surface area contributed by atoms with Crippen molar-refractivity contribution in [1.82, 2.24) is 0 Å². The highest BCUT2D eigenvalue weighted by Gasteiger charge is 2.27. The van der Waals surface area contributed by atoms with Crippen LogP contribution in [-0.2, 0) is 19.3 Å². The van der Waals surface area contributed by atoms with Gasteiger partial charge in [0.2, 0.25) is 0 Å². The molecule has 0 heterocycles. The molecule has 0 aromatic carbocycles. The van der Waals surface area contributed by atoms with Crippen LogP contribution < -0.4 is 0 Å². The molecule has 1 unspecified atom stereocenters. The zero-order valence-electron chi connectivity index (χ0n) is 13.5. The first-order chi connectivity index (χ1) is 8.90. The Morgan fingerprint density at radius 3 is 2.35 bits per heavy atom. The Kier molecular flexibility index (Phi) is 7.21. The molecule has 20 heavy (non-hydrogen) atoms. The van der Waals surface area contributed by atoms with Crippen LogP contribution in [0.5, 0.6) is 0 Å². The largest absolute Gasteiger partial charge is 0.459 e. The molecule has 0 fully saturated rings. The maximum atomic E-state index is 11.8. The van der Waals surface area contributed by atoms with Crippen molar-refractivity contribution in [3.63, 3.8) is 0 Å². The molecular formula is C14H30NO4S+. The van der Waals surface area contributed by atoms with E-state index in [1.165, 1.54) is 0 Å². The third kappa shape index (κ3) is 8.55. The van der Waals surface area contributed by atoms with Crippen molar-refractivity contribution in [3.8, 4) is 0 Å². The Balaban J connectivity index is 4.08. The van der Waals surface area contributed by atoms with Crippen molar-refractivity contribution in [1.29, 1.82) is 0 Å². The number of rotatable bonds is 9. The van der Waals surface area contributed by atoms with Crippen molar-refractivity contribution >= 4 is 21.6 Å². The predicted octanol–water partition coefficient (Wildman–Crippen LogP) is 1.62. The van der Waals surface area contributed by atoms with E-state index in [0.29, 0.717) is 24.1 Å². The average Bonchev–Trinajstić information content (AvgIpc) is 2.26. The van der Waals surface area contributed by atoms with Gasteiger partial charge in [0.05, 0.1) is 35.9 Å². The van der Waals surface area contributed by atoms with E-state index < -0.39 is 15.2 Å². The molecule has 0 rings (SSSR count). The molecule has 1 atom stereocenters. The number of quaternary nitrogens is 1. The van der Waals surface area contributed by atoms with E-state index in [2.05, 4.69) is 5.87 Å². The van der Waals surface area contributed by atoms with Crippen LogP contribution in [0.4, 0.5) is 0 Å². The van der Waals surface area contributed by atoms with E-state index in [1.807, 2.05) is 34.9 Å². The number of esters is 1. The van der Waals surface area contributed by atoms with Crippen molar-refractivity contribution in [2.75, 3.05) is 39.5 Å². The molecule has 0 aliphatic rings. The van der Waals surface area contributed by atoms with E-state index in [4.69, 9.17) is 9.29 Å². The number of carbonyl (C=O) groups excluding carboxylic acids is 1. The molecule has 0 aromatic rings. The van der Waals surface area contributed by atoms with E-state index >= 15 is 0 Å². The van der Waals surface area contributed by atoms with Gasteiger partial charge >= 0.3 is 5.97 Å². The summed E-state index contributed by atoms with van der Waals surface area (Å²) >= 11 is 0. The Morgan fingerprint density at radius 1 is 1.35 bits per heavy atom. The van der Waals surface area contributed by atoms with Crippen LogP contribution in [0.1, 0.15) is 33.6 Å². The summed E-state index contributed by atoms with van der Waals surface area (Å²) in [6.45, 7) is 7.53. The van der Waals surface area contributed by atoms with Crippen molar-refractivity contribution in [3.05, 3.63) is 0 Å². The quantitative estimate of drug-likeness (QED) is 0.399. The number of carbonyl (C=O) groups is 1. The van der Waals surface area contributed by atoms with Gasteiger partial charge in [0.15, 0.2) is 0 Å². The second kappa shape index (κ2) is 7.43. The van der Waals surface area contributed by atoms with Gasteiger partial charge in [0.25, 0.3) is 0 Å². The molecule has 0 aromatic heterocycles. The highest BCUT2D eigenvalue weighted by atomic mass is 32.2. The third-order valence-corrected chi connectivity index (χ3v) is 4.52. The molecule has 0 amide bonds. The van der Waals surface area contributed by atoms with Gasteiger partial charge in [0.1, 0.15) is 13.2 Å². The molecule has 0 saturated carbocycles. The molecule has 0 bridgehead atoms. The summed E-state index contributed by atoms with van der Waals surface area (Å²) in [7, 11) is 1.13. The Labute approximate surface area is 123 Å². The summed E-state index contributed by atoms with van der Waals surface area (Å²) in [5.41, 5.74) is -0.437. The number of nitrogens with zero attached hydrogens (tertiary/aromatic N) is 1. The zero-order valence-corrected chi connectivity index (χ0v) is 14.3. The smallest absolute Gasteiger partial charge is 0.311 e. The van der Waals surface area contributed by atoms with Crippen LogP contribution in [0.3, 0.4) is 0 Å². The fraction of sp³-hybridized carbons (Fsp3) is 0.857. The second-order valence-corrected chi connectivity index (χ2v) is 8.54. The van der Waals surface area contributed by atoms with Crippen LogP contribution in [0, 0.1) is 5.41 Å². The van der Waals surface area contributed by atoms with Crippen LogP contribution in [0.25, 0.3) is 0 Å². The fourth-order valence-corrected chi connectivity index (χ4v) is 2.14. The lowest BCUT2D eigenvalue weighted by Crippen LogP contribution is -2.44. The minimum atomic E-state index is -2.90. The highest BCUT2D eigenvalue weighted by molar-refractivity contribution is 7.95. The Morgan fingerprint density at radius 2 is 1.90 bits per heavy atom.